The van der Waals surface area contributed by atoms with E-state index in [2.05, 4.69) is 0 Å². The van der Waals surface area contributed by atoms with Crippen molar-refractivity contribution >= 4 is 46.6 Å². The number of amides is 2. The third kappa shape index (κ3) is 3.79. The SMILES string of the molecule is CC[C@H](C)N1C(=O)S/C(=C/c2ccc(-c3cc(C(=O)O)ccc3Cl)o2)C1=O. The van der Waals surface area contributed by atoms with Gasteiger partial charge in [0.2, 0.25) is 0 Å². The van der Waals surface area contributed by atoms with Crippen LogP contribution in [0.4, 0.5) is 4.79 Å². The van der Waals surface area contributed by atoms with Crippen LogP contribution < -0.4 is 0 Å². The van der Waals surface area contributed by atoms with Gasteiger partial charge in [-0.2, -0.15) is 0 Å². The zero-order valence-corrected chi connectivity index (χ0v) is 16.1. The predicted molar refractivity (Wildman–Crippen MR) is 104 cm³/mol. The van der Waals surface area contributed by atoms with Gasteiger partial charge in [-0.1, -0.05) is 18.5 Å². The van der Waals surface area contributed by atoms with Crippen LogP contribution in [-0.4, -0.2) is 33.2 Å². The molecular weight excluding hydrogens is 390 g/mol. The van der Waals surface area contributed by atoms with Gasteiger partial charge in [-0.05, 0) is 55.4 Å². The highest BCUT2D eigenvalue weighted by Crippen LogP contribution is 2.36. The topological polar surface area (TPSA) is 87.8 Å². The summed E-state index contributed by atoms with van der Waals surface area (Å²) in [5, 5.41) is 9.17. The third-order valence-corrected chi connectivity index (χ3v) is 5.45. The minimum atomic E-state index is -1.07. The van der Waals surface area contributed by atoms with Gasteiger partial charge in [0.15, 0.2) is 0 Å². The van der Waals surface area contributed by atoms with Gasteiger partial charge >= 0.3 is 5.97 Å². The molecule has 1 aromatic heterocycles. The number of imide groups is 1. The molecule has 1 fully saturated rings. The van der Waals surface area contributed by atoms with Crippen LogP contribution in [0.25, 0.3) is 17.4 Å². The van der Waals surface area contributed by atoms with Crippen LogP contribution >= 0.6 is 23.4 Å². The molecule has 3 rings (SSSR count). The van der Waals surface area contributed by atoms with E-state index < -0.39 is 5.97 Å². The molecule has 0 aliphatic carbocycles. The molecule has 1 N–H and O–H groups in total. The molecule has 8 heteroatoms. The second-order valence-electron chi connectivity index (χ2n) is 6.01. The molecule has 0 radical (unpaired) electrons. The van der Waals surface area contributed by atoms with Gasteiger partial charge < -0.3 is 9.52 Å². The lowest BCUT2D eigenvalue weighted by molar-refractivity contribution is -0.124. The van der Waals surface area contributed by atoms with E-state index >= 15 is 0 Å². The maximum Gasteiger partial charge on any atom is 0.335 e. The number of carbonyl (C=O) groups is 3. The first-order valence-electron chi connectivity index (χ1n) is 8.22. The summed E-state index contributed by atoms with van der Waals surface area (Å²) < 4.78 is 5.70. The Morgan fingerprint density at radius 3 is 2.74 bits per heavy atom. The average Bonchev–Trinajstić information content (AvgIpc) is 3.19. The zero-order valence-electron chi connectivity index (χ0n) is 14.6. The van der Waals surface area contributed by atoms with E-state index in [-0.39, 0.29) is 27.7 Å². The Bertz CT molecular complexity index is 965. The van der Waals surface area contributed by atoms with Crippen molar-refractivity contribution < 1.29 is 23.9 Å². The van der Waals surface area contributed by atoms with E-state index in [0.717, 1.165) is 11.8 Å². The fourth-order valence-electron chi connectivity index (χ4n) is 2.59. The number of rotatable bonds is 5. The molecule has 2 aromatic rings. The second-order valence-corrected chi connectivity index (χ2v) is 7.41. The van der Waals surface area contributed by atoms with Crippen LogP contribution in [0.1, 0.15) is 36.4 Å². The Hall–Kier alpha value is -2.51. The summed E-state index contributed by atoms with van der Waals surface area (Å²) in [6, 6.07) is 7.41. The van der Waals surface area contributed by atoms with Crippen molar-refractivity contribution in [1.82, 2.24) is 4.90 Å². The fraction of sp³-hybridized carbons (Fsp3) is 0.211. The molecule has 1 aromatic carbocycles. The van der Waals surface area contributed by atoms with Crippen molar-refractivity contribution in [2.24, 2.45) is 0 Å². The van der Waals surface area contributed by atoms with E-state index in [0.29, 0.717) is 28.5 Å². The van der Waals surface area contributed by atoms with Gasteiger partial charge in [-0.25, -0.2) is 4.79 Å². The molecule has 0 saturated carbocycles. The number of aromatic carboxylic acids is 1. The molecule has 0 unspecified atom stereocenters. The Labute approximate surface area is 164 Å². The standard InChI is InChI=1S/C19H16ClNO5S/c1-3-10(2)21-17(22)16(27-19(21)25)9-12-5-7-15(26-12)13-8-11(18(23)24)4-6-14(13)20/h4-10H,3H2,1-2H3,(H,23,24)/b16-9+/t10-/m0/s1. The lowest BCUT2D eigenvalue weighted by Gasteiger charge is -2.19. The van der Waals surface area contributed by atoms with Crippen molar-refractivity contribution in [3.05, 3.63) is 51.6 Å². The lowest BCUT2D eigenvalue weighted by atomic mass is 10.1. The summed E-state index contributed by atoms with van der Waals surface area (Å²) in [4.78, 5) is 37.2. The predicted octanol–water partition coefficient (Wildman–Crippen LogP) is 5.13. The largest absolute Gasteiger partial charge is 0.478 e. The minimum Gasteiger partial charge on any atom is -0.478 e. The summed E-state index contributed by atoms with van der Waals surface area (Å²) in [5.74, 6) is -0.673. The number of furan rings is 1. The summed E-state index contributed by atoms with van der Waals surface area (Å²) in [6.45, 7) is 3.73. The first kappa shape index (κ1) is 19.3. The number of nitrogens with zero attached hydrogens (tertiary/aromatic N) is 1. The number of benzene rings is 1. The zero-order chi connectivity index (χ0) is 19.7. The number of carboxylic acids is 1. The maximum absolute atomic E-state index is 12.5. The van der Waals surface area contributed by atoms with Crippen molar-refractivity contribution in [3.8, 4) is 11.3 Å². The lowest BCUT2D eigenvalue weighted by Crippen LogP contribution is -2.36. The van der Waals surface area contributed by atoms with E-state index in [1.54, 1.807) is 12.1 Å². The summed E-state index contributed by atoms with van der Waals surface area (Å²) in [5.41, 5.74) is 0.519. The number of thioether (sulfide) groups is 1. The molecule has 2 amide bonds. The quantitative estimate of drug-likeness (QED) is 0.693. The highest BCUT2D eigenvalue weighted by molar-refractivity contribution is 8.18. The van der Waals surface area contributed by atoms with Gasteiger partial charge in [0.05, 0.1) is 15.5 Å². The molecule has 0 bridgehead atoms. The first-order chi connectivity index (χ1) is 12.8. The molecule has 6 nitrogen and oxygen atoms in total. The molecule has 1 saturated heterocycles. The fourth-order valence-corrected chi connectivity index (χ4v) is 3.71. The minimum absolute atomic E-state index is 0.0852. The summed E-state index contributed by atoms with van der Waals surface area (Å²) >= 11 is 7.02. The van der Waals surface area contributed by atoms with Crippen LogP contribution in [0.2, 0.25) is 5.02 Å². The summed E-state index contributed by atoms with van der Waals surface area (Å²) in [6.07, 6.45) is 2.18. The molecule has 1 aliphatic heterocycles. The number of hydrogen-bond donors (Lipinski definition) is 1. The van der Waals surface area contributed by atoms with Crippen LogP contribution in [-0.2, 0) is 4.79 Å². The van der Waals surface area contributed by atoms with Crippen LogP contribution in [0.3, 0.4) is 0 Å². The van der Waals surface area contributed by atoms with E-state index in [9.17, 15) is 14.4 Å². The van der Waals surface area contributed by atoms with Crippen LogP contribution in [0.15, 0.2) is 39.7 Å². The van der Waals surface area contributed by atoms with Crippen molar-refractivity contribution in [3.63, 3.8) is 0 Å². The van der Waals surface area contributed by atoms with Crippen LogP contribution in [0, 0.1) is 0 Å². The van der Waals surface area contributed by atoms with Gasteiger partial charge in [0, 0.05) is 17.7 Å². The molecule has 27 heavy (non-hydrogen) atoms. The molecule has 140 valence electrons. The Kier molecular flexibility index (Phi) is 5.43. The second kappa shape index (κ2) is 7.62. The molecule has 1 atom stereocenters. The van der Waals surface area contributed by atoms with Gasteiger partial charge in [-0.15, -0.1) is 0 Å². The Morgan fingerprint density at radius 2 is 2.07 bits per heavy atom. The monoisotopic (exact) mass is 405 g/mol. The highest BCUT2D eigenvalue weighted by atomic mass is 35.5. The van der Waals surface area contributed by atoms with E-state index in [4.69, 9.17) is 21.1 Å². The van der Waals surface area contributed by atoms with Crippen molar-refractivity contribution in [2.75, 3.05) is 0 Å². The summed E-state index contributed by atoms with van der Waals surface area (Å²) in [7, 11) is 0. The molecule has 1 aliphatic rings. The number of halogens is 1. The normalized spacial score (nSPS) is 17.0. The maximum atomic E-state index is 12.5. The average molecular weight is 406 g/mol. The number of carbonyl (C=O) groups excluding carboxylic acids is 2. The van der Waals surface area contributed by atoms with E-state index in [1.807, 2.05) is 13.8 Å². The number of hydrogen-bond acceptors (Lipinski definition) is 5. The third-order valence-electron chi connectivity index (χ3n) is 4.23. The molecular formula is C19H16ClNO5S. The Morgan fingerprint density at radius 1 is 1.33 bits per heavy atom. The molecule has 0 spiro atoms. The van der Waals surface area contributed by atoms with Crippen LogP contribution in [0.5, 0.6) is 0 Å². The van der Waals surface area contributed by atoms with Gasteiger partial charge in [0.25, 0.3) is 11.1 Å². The molecule has 2 heterocycles. The van der Waals surface area contributed by atoms with Gasteiger partial charge in [-0.3, -0.25) is 14.5 Å². The van der Waals surface area contributed by atoms with Crippen molar-refractivity contribution in [2.45, 2.75) is 26.3 Å². The van der Waals surface area contributed by atoms with E-state index in [1.165, 1.54) is 29.2 Å². The first-order valence-corrected chi connectivity index (χ1v) is 9.41. The highest BCUT2D eigenvalue weighted by Gasteiger charge is 2.37. The Balaban J connectivity index is 1.90. The van der Waals surface area contributed by atoms with Gasteiger partial charge in [0.1, 0.15) is 11.5 Å². The smallest absolute Gasteiger partial charge is 0.335 e. The number of carboxylic acid groups (broad SMARTS) is 1. The van der Waals surface area contributed by atoms with Crippen molar-refractivity contribution in [1.29, 1.82) is 0 Å².